The predicted molar refractivity (Wildman–Crippen MR) is 232 cm³/mol. The lowest BCUT2D eigenvalue weighted by atomic mass is 9.93. The summed E-state index contributed by atoms with van der Waals surface area (Å²) in [5.41, 5.74) is 15.4. The molecule has 4 aromatic heterocycles. The summed E-state index contributed by atoms with van der Waals surface area (Å²) in [7, 11) is 0. The maximum atomic E-state index is 6.23. The lowest BCUT2D eigenvalue weighted by Crippen LogP contribution is -1.99. The highest BCUT2D eigenvalue weighted by Gasteiger charge is 2.18. The molecule has 0 N–H and O–H groups in total. The van der Waals surface area contributed by atoms with Crippen molar-refractivity contribution in [2.45, 2.75) is 6.92 Å². The van der Waals surface area contributed by atoms with Crippen LogP contribution in [0.2, 0.25) is 0 Å². The van der Waals surface area contributed by atoms with Crippen LogP contribution in [0.25, 0.3) is 111 Å². The maximum absolute atomic E-state index is 6.23. The zero-order chi connectivity index (χ0) is 37.9. The van der Waals surface area contributed by atoms with Crippen LogP contribution in [0.15, 0.2) is 191 Å². The molecule has 0 spiro atoms. The number of para-hydroxylation sites is 2. The molecule has 7 aromatic carbocycles. The van der Waals surface area contributed by atoms with Gasteiger partial charge in [-0.25, -0.2) is 9.97 Å². The van der Waals surface area contributed by atoms with Crippen LogP contribution in [0.1, 0.15) is 5.56 Å². The van der Waals surface area contributed by atoms with Gasteiger partial charge in [0.1, 0.15) is 22.3 Å². The number of rotatable bonds is 6. The third kappa shape index (κ3) is 5.76. The minimum atomic E-state index is 0.668. The summed E-state index contributed by atoms with van der Waals surface area (Å²) in [6.45, 7) is 2.11. The first-order valence-corrected chi connectivity index (χ1v) is 19.1. The van der Waals surface area contributed by atoms with E-state index in [9.17, 15) is 0 Å². The molecule has 5 heteroatoms. The van der Waals surface area contributed by atoms with Crippen molar-refractivity contribution in [3.8, 4) is 67.4 Å². The smallest absolute Gasteiger partial charge is 0.160 e. The van der Waals surface area contributed by atoms with Gasteiger partial charge in [-0.05, 0) is 108 Å². The van der Waals surface area contributed by atoms with Gasteiger partial charge in [0, 0.05) is 50.0 Å². The van der Waals surface area contributed by atoms with Crippen LogP contribution in [-0.4, -0.2) is 15.0 Å². The minimum absolute atomic E-state index is 0.668. The van der Waals surface area contributed by atoms with Crippen molar-refractivity contribution in [2.24, 2.45) is 0 Å². The van der Waals surface area contributed by atoms with Crippen LogP contribution in [0.4, 0.5) is 0 Å². The van der Waals surface area contributed by atoms with Crippen molar-refractivity contribution in [1.29, 1.82) is 0 Å². The fraction of sp³-hybridized carbons (Fsp3) is 0.0192. The predicted octanol–water partition coefficient (Wildman–Crippen LogP) is 14.0. The van der Waals surface area contributed by atoms with Crippen LogP contribution in [0, 0.1) is 6.92 Å². The Bertz CT molecular complexity index is 3190. The van der Waals surface area contributed by atoms with Crippen LogP contribution in [0.3, 0.4) is 0 Å². The SMILES string of the molecule is Cc1ccccc1-c1nc(-c2cc(-c3ccc4oc5ccccc5c4c3)cc(-c3ccc4oc5ccccc5c4c3)c2)cc(-c2ccccc2-c2ccccn2)n1. The molecule has 0 unspecified atom stereocenters. The van der Waals surface area contributed by atoms with Gasteiger partial charge in [-0.2, -0.15) is 0 Å². The Morgan fingerprint density at radius 2 is 0.860 bits per heavy atom. The first-order valence-electron chi connectivity index (χ1n) is 19.1. The first kappa shape index (κ1) is 32.8. The fourth-order valence-electron chi connectivity index (χ4n) is 8.05. The van der Waals surface area contributed by atoms with Gasteiger partial charge in [0.25, 0.3) is 0 Å². The van der Waals surface area contributed by atoms with Gasteiger partial charge in [0.05, 0.1) is 17.1 Å². The van der Waals surface area contributed by atoms with Gasteiger partial charge in [-0.3, -0.25) is 4.98 Å². The van der Waals surface area contributed by atoms with Gasteiger partial charge in [-0.1, -0.05) is 103 Å². The molecule has 0 aliphatic rings. The monoisotopic (exact) mass is 731 g/mol. The van der Waals surface area contributed by atoms with Crippen LogP contribution < -0.4 is 0 Å². The molecule has 0 saturated heterocycles. The molecule has 11 aromatic rings. The Morgan fingerprint density at radius 3 is 1.47 bits per heavy atom. The number of nitrogens with zero attached hydrogens (tertiary/aromatic N) is 3. The molecular weight excluding hydrogens is 699 g/mol. The molecule has 5 nitrogen and oxygen atoms in total. The largest absolute Gasteiger partial charge is 0.456 e. The quantitative estimate of drug-likeness (QED) is 0.170. The fourth-order valence-corrected chi connectivity index (χ4v) is 8.05. The Balaban J connectivity index is 1.16. The van der Waals surface area contributed by atoms with Crippen molar-refractivity contribution in [1.82, 2.24) is 15.0 Å². The Labute approximate surface area is 328 Å². The highest BCUT2D eigenvalue weighted by Crippen LogP contribution is 2.40. The summed E-state index contributed by atoms with van der Waals surface area (Å²) in [5.74, 6) is 0.668. The number of furan rings is 2. The number of fused-ring (bicyclic) bond motifs is 6. The molecule has 11 rings (SSSR count). The lowest BCUT2D eigenvalue weighted by molar-refractivity contribution is 0.668. The van der Waals surface area contributed by atoms with E-state index in [1.807, 2.05) is 60.8 Å². The molecule has 0 fully saturated rings. The van der Waals surface area contributed by atoms with E-state index in [1.165, 1.54) is 0 Å². The Morgan fingerprint density at radius 1 is 0.351 bits per heavy atom. The van der Waals surface area contributed by atoms with Crippen LogP contribution in [0.5, 0.6) is 0 Å². The van der Waals surface area contributed by atoms with E-state index in [0.29, 0.717) is 5.82 Å². The summed E-state index contributed by atoms with van der Waals surface area (Å²) < 4.78 is 12.5. The second-order valence-electron chi connectivity index (χ2n) is 14.5. The van der Waals surface area contributed by atoms with E-state index < -0.39 is 0 Å². The number of pyridine rings is 1. The molecule has 0 saturated carbocycles. The molecule has 57 heavy (non-hydrogen) atoms. The summed E-state index contributed by atoms with van der Waals surface area (Å²) in [5, 5.41) is 4.35. The first-order chi connectivity index (χ1) is 28.1. The van der Waals surface area contributed by atoms with Gasteiger partial charge < -0.3 is 8.83 Å². The van der Waals surface area contributed by atoms with Crippen molar-refractivity contribution in [3.63, 3.8) is 0 Å². The summed E-state index contributed by atoms with van der Waals surface area (Å²) in [6, 6.07) is 60.9. The molecule has 4 heterocycles. The van der Waals surface area contributed by atoms with Gasteiger partial charge in [-0.15, -0.1) is 0 Å². The number of hydrogen-bond donors (Lipinski definition) is 0. The van der Waals surface area contributed by atoms with E-state index in [4.69, 9.17) is 23.8 Å². The van der Waals surface area contributed by atoms with E-state index >= 15 is 0 Å². The molecule has 0 aliphatic heterocycles. The van der Waals surface area contributed by atoms with Crippen LogP contribution in [-0.2, 0) is 0 Å². The Kier molecular flexibility index (Phi) is 7.64. The average molecular weight is 732 g/mol. The third-order valence-corrected chi connectivity index (χ3v) is 10.9. The summed E-state index contributed by atoms with van der Waals surface area (Å²) in [6.07, 6.45) is 1.83. The van der Waals surface area contributed by atoms with E-state index in [1.54, 1.807) is 0 Å². The molecule has 268 valence electrons. The zero-order valence-corrected chi connectivity index (χ0v) is 31.0. The van der Waals surface area contributed by atoms with E-state index in [0.717, 1.165) is 111 Å². The highest BCUT2D eigenvalue weighted by atomic mass is 16.3. The van der Waals surface area contributed by atoms with Gasteiger partial charge in [0.15, 0.2) is 5.82 Å². The topological polar surface area (TPSA) is 65.0 Å². The molecule has 0 aliphatic carbocycles. The minimum Gasteiger partial charge on any atom is -0.456 e. The summed E-state index contributed by atoms with van der Waals surface area (Å²) >= 11 is 0. The highest BCUT2D eigenvalue weighted by molar-refractivity contribution is 6.07. The summed E-state index contributed by atoms with van der Waals surface area (Å²) in [4.78, 5) is 15.3. The third-order valence-electron chi connectivity index (χ3n) is 10.9. The molecule has 0 amide bonds. The van der Waals surface area contributed by atoms with Crippen molar-refractivity contribution in [2.75, 3.05) is 0 Å². The van der Waals surface area contributed by atoms with Gasteiger partial charge in [0.2, 0.25) is 0 Å². The lowest BCUT2D eigenvalue weighted by Gasteiger charge is -2.15. The Hall–Kier alpha value is -7.63. The number of aryl methyl sites for hydroxylation is 1. The van der Waals surface area contributed by atoms with Crippen molar-refractivity contribution >= 4 is 43.9 Å². The van der Waals surface area contributed by atoms with E-state index in [-0.39, 0.29) is 0 Å². The normalized spacial score (nSPS) is 11.6. The molecule has 0 atom stereocenters. The average Bonchev–Trinajstić information content (AvgIpc) is 3.84. The van der Waals surface area contributed by atoms with Crippen molar-refractivity contribution < 1.29 is 8.83 Å². The second kappa shape index (κ2) is 13.3. The molecule has 0 radical (unpaired) electrons. The number of hydrogen-bond acceptors (Lipinski definition) is 5. The second-order valence-corrected chi connectivity index (χ2v) is 14.5. The van der Waals surface area contributed by atoms with Crippen molar-refractivity contribution in [3.05, 3.63) is 188 Å². The van der Waals surface area contributed by atoms with Gasteiger partial charge >= 0.3 is 0 Å². The standard InChI is InChI=1S/C52H33N3O2/c1-32-12-2-3-13-38(32)52-54-46(31-47(55-52)40-15-5-4-14-39(40)45-18-10-11-25-53-45)37-27-35(33-21-23-50-43(29-33)41-16-6-8-19-48(41)56-50)26-36(28-37)34-22-24-51-44(30-34)42-17-7-9-20-49(42)57-51/h2-31H,1H3. The maximum Gasteiger partial charge on any atom is 0.160 e. The zero-order valence-electron chi connectivity index (χ0n) is 31.0. The van der Waals surface area contributed by atoms with Crippen LogP contribution >= 0.6 is 0 Å². The number of aromatic nitrogens is 3. The molecule has 0 bridgehead atoms. The molecular formula is C52H33N3O2. The van der Waals surface area contributed by atoms with E-state index in [2.05, 4.69) is 128 Å². The number of benzene rings is 7.